The molecule has 0 aliphatic rings. The zero-order valence-corrected chi connectivity index (χ0v) is 17.8. The summed E-state index contributed by atoms with van der Waals surface area (Å²) in [6, 6.07) is 5.01. The fraction of sp³-hybridized carbons (Fsp3) is 0.167. The molecule has 0 unspecified atom stereocenters. The number of primary amides is 1. The smallest absolute Gasteiger partial charge is 0.316 e. The molecule has 0 saturated carbocycles. The summed E-state index contributed by atoms with van der Waals surface area (Å²) in [4.78, 5) is 27.1. The molecule has 1 radical (unpaired) electrons. The number of carbonyl (C=O) groups excluding carboxylic acids is 1. The van der Waals surface area contributed by atoms with Crippen molar-refractivity contribution in [3.05, 3.63) is 52.1 Å². The Balaban J connectivity index is 1.73. The van der Waals surface area contributed by atoms with E-state index in [1.54, 1.807) is 30.6 Å². The lowest BCUT2D eigenvalue weighted by molar-refractivity contribution is 0.0988. The predicted molar refractivity (Wildman–Crippen MR) is 108 cm³/mol. The topological polar surface area (TPSA) is 132 Å². The summed E-state index contributed by atoms with van der Waals surface area (Å²) in [5.74, 6) is -0.428. The second-order valence-electron chi connectivity index (χ2n) is 5.44. The molecule has 0 bridgehead atoms. The van der Waals surface area contributed by atoms with Crippen molar-refractivity contribution >= 4 is 33.4 Å². The van der Waals surface area contributed by atoms with E-state index in [1.807, 2.05) is 0 Å². The SMILES string of the molecule is COc1ccc(Cl)c(Oc2[c]nc(C(N)=O)nc2OCCOc2ncc(Br)cn2)c1. The van der Waals surface area contributed by atoms with Crippen molar-refractivity contribution in [2.45, 2.75) is 0 Å². The van der Waals surface area contributed by atoms with Crippen molar-refractivity contribution in [3.63, 3.8) is 0 Å². The third-order valence-corrected chi connectivity index (χ3v) is 4.11. The van der Waals surface area contributed by atoms with Crippen molar-refractivity contribution in [1.29, 1.82) is 0 Å². The molecule has 2 heterocycles. The minimum absolute atomic E-state index is 0.00459. The van der Waals surface area contributed by atoms with Gasteiger partial charge in [0.25, 0.3) is 11.8 Å². The number of methoxy groups -OCH3 is 1. The molecule has 1 amide bonds. The average molecular weight is 496 g/mol. The van der Waals surface area contributed by atoms with E-state index in [0.29, 0.717) is 10.8 Å². The van der Waals surface area contributed by atoms with Crippen LogP contribution in [0.25, 0.3) is 0 Å². The molecule has 2 aromatic heterocycles. The molecule has 0 atom stereocenters. The summed E-state index contributed by atoms with van der Waals surface area (Å²) >= 11 is 9.39. The number of hydrogen-bond acceptors (Lipinski definition) is 9. The van der Waals surface area contributed by atoms with E-state index in [2.05, 4.69) is 42.1 Å². The number of hydrogen-bond donors (Lipinski definition) is 1. The van der Waals surface area contributed by atoms with Gasteiger partial charge in [0, 0.05) is 18.5 Å². The molecule has 3 rings (SSSR count). The number of halogens is 2. The Bertz CT molecular complexity index is 1040. The molecule has 30 heavy (non-hydrogen) atoms. The molecule has 0 fully saturated rings. The Labute approximate surface area is 184 Å². The van der Waals surface area contributed by atoms with Gasteiger partial charge in [-0.1, -0.05) is 11.6 Å². The first-order chi connectivity index (χ1) is 14.5. The van der Waals surface area contributed by atoms with E-state index in [1.165, 1.54) is 7.11 Å². The lowest BCUT2D eigenvalue weighted by Crippen LogP contribution is -2.17. The zero-order chi connectivity index (χ0) is 21.5. The maximum atomic E-state index is 11.4. The second kappa shape index (κ2) is 10.0. The zero-order valence-electron chi connectivity index (χ0n) is 15.5. The molecule has 2 N–H and O–H groups in total. The highest BCUT2D eigenvalue weighted by atomic mass is 79.9. The molecule has 0 spiro atoms. The van der Waals surface area contributed by atoms with Gasteiger partial charge in [-0.25, -0.2) is 15.0 Å². The van der Waals surface area contributed by atoms with Gasteiger partial charge in [-0.15, -0.1) is 0 Å². The van der Waals surface area contributed by atoms with E-state index in [4.69, 9.17) is 36.3 Å². The van der Waals surface area contributed by atoms with E-state index in [0.717, 1.165) is 4.47 Å². The fourth-order valence-corrected chi connectivity index (χ4v) is 2.40. The Morgan fingerprint density at radius 2 is 1.97 bits per heavy atom. The fourth-order valence-electron chi connectivity index (χ4n) is 2.04. The van der Waals surface area contributed by atoms with Crippen LogP contribution in [0.5, 0.6) is 29.1 Å². The maximum Gasteiger partial charge on any atom is 0.316 e. The molecule has 0 aliphatic carbocycles. The van der Waals surface area contributed by atoms with Crippen molar-refractivity contribution in [1.82, 2.24) is 19.9 Å². The average Bonchev–Trinajstić information content (AvgIpc) is 2.74. The number of rotatable bonds is 9. The number of aromatic nitrogens is 4. The highest BCUT2D eigenvalue weighted by Crippen LogP contribution is 2.35. The monoisotopic (exact) mass is 494 g/mol. The first-order valence-corrected chi connectivity index (χ1v) is 9.47. The van der Waals surface area contributed by atoms with Gasteiger partial charge >= 0.3 is 6.01 Å². The van der Waals surface area contributed by atoms with E-state index in [-0.39, 0.29) is 42.4 Å². The lowest BCUT2D eigenvalue weighted by Gasteiger charge is -2.13. The quantitative estimate of drug-likeness (QED) is 0.445. The predicted octanol–water partition coefficient (Wildman–Crippen LogP) is 2.84. The minimum Gasteiger partial charge on any atom is -0.497 e. The minimum atomic E-state index is -0.846. The van der Waals surface area contributed by atoms with Crippen molar-refractivity contribution in [3.8, 4) is 29.1 Å². The van der Waals surface area contributed by atoms with Crippen LogP contribution >= 0.6 is 27.5 Å². The molecule has 3 aromatic rings. The second-order valence-corrected chi connectivity index (χ2v) is 6.76. The van der Waals surface area contributed by atoms with Crippen LogP contribution in [0.3, 0.4) is 0 Å². The van der Waals surface area contributed by atoms with Gasteiger partial charge in [0.05, 0.1) is 16.6 Å². The molecule has 12 heteroatoms. The van der Waals surface area contributed by atoms with Crippen LogP contribution in [0.4, 0.5) is 0 Å². The van der Waals surface area contributed by atoms with Crippen LogP contribution in [-0.4, -0.2) is 46.2 Å². The lowest BCUT2D eigenvalue weighted by atomic mass is 10.3. The summed E-state index contributed by atoms with van der Waals surface area (Å²) < 4.78 is 22.5. The number of nitrogens with zero attached hydrogens (tertiary/aromatic N) is 4. The Hall–Kier alpha value is -3.18. The highest BCUT2D eigenvalue weighted by Gasteiger charge is 2.16. The van der Waals surface area contributed by atoms with Crippen molar-refractivity contribution in [2.24, 2.45) is 5.73 Å². The first kappa shape index (κ1) is 21.5. The van der Waals surface area contributed by atoms with Gasteiger partial charge < -0.3 is 24.7 Å². The largest absolute Gasteiger partial charge is 0.497 e. The Kier molecular flexibility index (Phi) is 7.20. The van der Waals surface area contributed by atoms with Crippen LogP contribution in [0.2, 0.25) is 5.02 Å². The maximum absolute atomic E-state index is 11.4. The van der Waals surface area contributed by atoms with Gasteiger partial charge in [-0.05, 0) is 28.1 Å². The van der Waals surface area contributed by atoms with Crippen LogP contribution in [0.1, 0.15) is 10.6 Å². The van der Waals surface area contributed by atoms with Crippen molar-refractivity contribution in [2.75, 3.05) is 20.3 Å². The molecule has 0 saturated heterocycles. The summed E-state index contributed by atoms with van der Waals surface area (Å²) in [7, 11) is 1.51. The van der Waals surface area contributed by atoms with Gasteiger partial charge in [-0.3, -0.25) is 4.79 Å². The van der Waals surface area contributed by atoms with Gasteiger partial charge in [0.15, 0.2) is 0 Å². The molecule has 1 aromatic carbocycles. The summed E-state index contributed by atoms with van der Waals surface area (Å²) in [5.41, 5.74) is 5.23. The summed E-state index contributed by atoms with van der Waals surface area (Å²) in [5, 5.41) is 0.310. The van der Waals surface area contributed by atoms with Gasteiger partial charge in [0.2, 0.25) is 11.6 Å². The van der Waals surface area contributed by atoms with Gasteiger partial charge in [0.1, 0.15) is 30.9 Å². The highest BCUT2D eigenvalue weighted by molar-refractivity contribution is 9.10. The number of nitrogens with two attached hydrogens (primary N) is 1. The van der Waals surface area contributed by atoms with E-state index in [9.17, 15) is 4.79 Å². The number of amides is 1. The van der Waals surface area contributed by atoms with E-state index < -0.39 is 5.91 Å². The molecule has 0 aliphatic heterocycles. The van der Waals surface area contributed by atoms with Crippen LogP contribution in [-0.2, 0) is 0 Å². The number of ether oxygens (including phenoxy) is 4. The number of benzene rings is 1. The van der Waals surface area contributed by atoms with Gasteiger partial charge in [-0.2, -0.15) is 4.98 Å². The van der Waals surface area contributed by atoms with E-state index >= 15 is 0 Å². The third kappa shape index (κ3) is 5.67. The van der Waals surface area contributed by atoms with Crippen LogP contribution in [0.15, 0.2) is 35.1 Å². The molecular formula is C18H14BrClN5O5. The first-order valence-electron chi connectivity index (χ1n) is 8.30. The third-order valence-electron chi connectivity index (χ3n) is 3.39. The summed E-state index contributed by atoms with van der Waals surface area (Å²) in [6.07, 6.45) is 5.63. The standard InChI is InChI=1S/C18H14BrClN5O5/c1-27-11-2-3-12(20)13(6-11)30-14-9-22-16(15(21)26)25-17(14)28-4-5-29-18-23-7-10(19)8-24-18/h2-3,6-8H,4-5H2,1H3,(H2,21,26). The Morgan fingerprint density at radius 1 is 1.23 bits per heavy atom. The number of carbonyl (C=O) groups is 1. The molecular weight excluding hydrogens is 482 g/mol. The molecule has 10 nitrogen and oxygen atoms in total. The van der Waals surface area contributed by atoms with Crippen LogP contribution < -0.4 is 24.7 Å². The van der Waals surface area contributed by atoms with Crippen molar-refractivity contribution < 1.29 is 23.7 Å². The molecule has 155 valence electrons. The Morgan fingerprint density at radius 3 is 2.67 bits per heavy atom. The normalized spacial score (nSPS) is 10.4. The van der Waals surface area contributed by atoms with Crippen LogP contribution in [0, 0.1) is 6.20 Å². The summed E-state index contributed by atoms with van der Waals surface area (Å²) in [6.45, 7) is 0.127.